The van der Waals surface area contributed by atoms with Crippen molar-refractivity contribution >= 4 is 27.3 Å². The first-order chi connectivity index (χ1) is 7.96. The molecule has 5 heteroatoms. The van der Waals surface area contributed by atoms with Gasteiger partial charge in [0.25, 0.3) is 0 Å². The molecule has 0 aliphatic heterocycles. The largest absolute Gasteiger partial charge is 0.283 e. The maximum absolute atomic E-state index is 11.8. The molecule has 1 aromatic rings. The van der Waals surface area contributed by atoms with Crippen LogP contribution in [0.5, 0.6) is 0 Å². The van der Waals surface area contributed by atoms with Gasteiger partial charge in [0.05, 0.1) is 11.4 Å². The lowest BCUT2D eigenvalue weighted by atomic mass is 10.1. The van der Waals surface area contributed by atoms with Crippen molar-refractivity contribution in [3.8, 4) is 0 Å². The van der Waals surface area contributed by atoms with Crippen molar-refractivity contribution in [3.63, 3.8) is 0 Å². The summed E-state index contributed by atoms with van der Waals surface area (Å²) in [6.45, 7) is 3.78. The first-order valence-electron chi connectivity index (χ1n) is 5.59. The van der Waals surface area contributed by atoms with Gasteiger partial charge in [0.15, 0.2) is 0 Å². The molecule has 0 fully saturated rings. The Morgan fingerprint density at radius 3 is 2.29 bits per heavy atom. The van der Waals surface area contributed by atoms with Gasteiger partial charge in [0.2, 0.25) is 10.0 Å². The van der Waals surface area contributed by atoms with E-state index in [0.717, 1.165) is 17.5 Å². The number of nitrogens with one attached hydrogen (secondary N) is 1. The van der Waals surface area contributed by atoms with Crippen LogP contribution in [0.25, 0.3) is 0 Å². The van der Waals surface area contributed by atoms with Crippen molar-refractivity contribution in [1.29, 1.82) is 0 Å². The molecule has 96 valence electrons. The molecule has 0 radical (unpaired) electrons. The molecule has 0 amide bonds. The molecule has 0 aliphatic carbocycles. The van der Waals surface area contributed by atoms with E-state index in [9.17, 15) is 8.42 Å². The number of rotatable bonds is 6. The summed E-state index contributed by atoms with van der Waals surface area (Å²) in [5.41, 5.74) is 2.57. The Morgan fingerprint density at radius 1 is 1.18 bits per heavy atom. The van der Waals surface area contributed by atoms with E-state index < -0.39 is 10.0 Å². The van der Waals surface area contributed by atoms with E-state index in [4.69, 9.17) is 11.6 Å². The van der Waals surface area contributed by atoms with E-state index in [1.807, 2.05) is 32.0 Å². The standard InChI is InChI=1S/C12H18ClNO2S/c1-10-6-5-7-11(2)12(10)14-17(15,16)9-4-3-8-13/h5-7,14H,3-4,8-9H2,1-2H3. The monoisotopic (exact) mass is 275 g/mol. The second-order valence-corrected chi connectivity index (χ2v) is 6.30. The SMILES string of the molecule is Cc1cccc(C)c1NS(=O)(=O)CCCCCl. The van der Waals surface area contributed by atoms with Gasteiger partial charge in [-0.3, -0.25) is 4.72 Å². The Labute approximate surface area is 108 Å². The summed E-state index contributed by atoms with van der Waals surface area (Å²) in [4.78, 5) is 0. The van der Waals surface area contributed by atoms with Crippen molar-refractivity contribution in [2.45, 2.75) is 26.7 Å². The summed E-state index contributed by atoms with van der Waals surface area (Å²) in [6.07, 6.45) is 1.30. The molecule has 0 spiro atoms. The van der Waals surface area contributed by atoms with Crippen molar-refractivity contribution in [2.24, 2.45) is 0 Å². The first kappa shape index (κ1) is 14.3. The number of sulfonamides is 1. The number of hydrogen-bond donors (Lipinski definition) is 1. The van der Waals surface area contributed by atoms with Crippen LogP contribution in [-0.2, 0) is 10.0 Å². The fourth-order valence-electron chi connectivity index (χ4n) is 1.57. The topological polar surface area (TPSA) is 46.2 Å². The molecule has 0 saturated heterocycles. The highest BCUT2D eigenvalue weighted by molar-refractivity contribution is 7.92. The lowest BCUT2D eigenvalue weighted by molar-refractivity contribution is 0.598. The highest BCUT2D eigenvalue weighted by atomic mass is 35.5. The normalized spacial score (nSPS) is 11.5. The summed E-state index contributed by atoms with van der Waals surface area (Å²) in [7, 11) is -3.26. The van der Waals surface area contributed by atoms with Gasteiger partial charge in [0, 0.05) is 5.88 Å². The number of anilines is 1. The zero-order valence-corrected chi connectivity index (χ0v) is 11.7. The number of unbranched alkanes of at least 4 members (excludes halogenated alkanes) is 1. The molecule has 0 aromatic heterocycles. The Bertz CT molecular complexity index is 451. The van der Waals surface area contributed by atoms with Crippen LogP contribution in [0.3, 0.4) is 0 Å². The van der Waals surface area contributed by atoms with Gasteiger partial charge in [-0.1, -0.05) is 18.2 Å². The Hall–Kier alpha value is -0.740. The summed E-state index contributed by atoms with van der Waals surface area (Å²) in [5.74, 6) is 0.617. The Balaban J connectivity index is 2.76. The van der Waals surface area contributed by atoms with Crippen LogP contribution >= 0.6 is 11.6 Å². The molecule has 0 saturated carbocycles. The van der Waals surface area contributed by atoms with Crippen LogP contribution in [-0.4, -0.2) is 20.1 Å². The summed E-state index contributed by atoms with van der Waals surface area (Å²) in [5, 5.41) is 0. The zero-order valence-electron chi connectivity index (χ0n) is 10.2. The minimum atomic E-state index is -3.26. The average Bonchev–Trinajstić information content (AvgIpc) is 2.24. The van der Waals surface area contributed by atoms with Gasteiger partial charge < -0.3 is 0 Å². The highest BCUT2D eigenvalue weighted by Crippen LogP contribution is 2.21. The van der Waals surface area contributed by atoms with Crippen LogP contribution in [0.15, 0.2) is 18.2 Å². The first-order valence-corrected chi connectivity index (χ1v) is 7.77. The van der Waals surface area contributed by atoms with E-state index in [1.54, 1.807) is 0 Å². The quantitative estimate of drug-likeness (QED) is 0.641. The summed E-state index contributed by atoms with van der Waals surface area (Å²) in [6, 6.07) is 5.70. The minimum absolute atomic E-state index is 0.119. The van der Waals surface area contributed by atoms with Crippen molar-refractivity contribution in [2.75, 3.05) is 16.4 Å². The van der Waals surface area contributed by atoms with Crippen molar-refractivity contribution in [3.05, 3.63) is 29.3 Å². The second-order valence-electron chi connectivity index (χ2n) is 4.08. The van der Waals surface area contributed by atoms with Gasteiger partial charge in [0.1, 0.15) is 0 Å². The second kappa shape index (κ2) is 6.26. The fraction of sp³-hybridized carbons (Fsp3) is 0.500. The highest BCUT2D eigenvalue weighted by Gasteiger charge is 2.12. The molecule has 0 heterocycles. The predicted molar refractivity (Wildman–Crippen MR) is 73.3 cm³/mol. The molecule has 17 heavy (non-hydrogen) atoms. The number of aryl methyl sites for hydroxylation is 2. The summed E-state index contributed by atoms with van der Waals surface area (Å²) < 4.78 is 26.3. The minimum Gasteiger partial charge on any atom is -0.283 e. The van der Waals surface area contributed by atoms with Crippen LogP contribution in [0.2, 0.25) is 0 Å². The van der Waals surface area contributed by atoms with Gasteiger partial charge in [-0.25, -0.2) is 8.42 Å². The third-order valence-corrected chi connectivity index (χ3v) is 4.14. The van der Waals surface area contributed by atoms with Crippen LogP contribution < -0.4 is 4.72 Å². The number of benzene rings is 1. The molecule has 3 nitrogen and oxygen atoms in total. The Morgan fingerprint density at radius 2 is 1.76 bits per heavy atom. The molecule has 1 rings (SSSR count). The van der Waals surface area contributed by atoms with Gasteiger partial charge in [-0.05, 0) is 37.8 Å². The molecule has 1 N–H and O–H groups in total. The maximum atomic E-state index is 11.8. The van der Waals surface area contributed by atoms with Crippen LogP contribution in [0.1, 0.15) is 24.0 Å². The third kappa shape index (κ3) is 4.56. The molecule has 0 atom stereocenters. The third-order valence-electron chi connectivity index (χ3n) is 2.54. The molecular weight excluding hydrogens is 258 g/mol. The molecule has 1 aromatic carbocycles. The van der Waals surface area contributed by atoms with E-state index in [0.29, 0.717) is 18.0 Å². The lowest BCUT2D eigenvalue weighted by Crippen LogP contribution is -2.18. The van der Waals surface area contributed by atoms with E-state index in [2.05, 4.69) is 4.72 Å². The van der Waals surface area contributed by atoms with E-state index in [1.165, 1.54) is 0 Å². The fourth-order valence-corrected chi connectivity index (χ4v) is 3.08. The number of halogens is 1. The van der Waals surface area contributed by atoms with Gasteiger partial charge in [-0.15, -0.1) is 11.6 Å². The van der Waals surface area contributed by atoms with E-state index in [-0.39, 0.29) is 5.75 Å². The lowest BCUT2D eigenvalue weighted by Gasteiger charge is -2.12. The smallest absolute Gasteiger partial charge is 0.232 e. The van der Waals surface area contributed by atoms with E-state index >= 15 is 0 Å². The Kier molecular flexibility index (Phi) is 5.28. The van der Waals surface area contributed by atoms with Crippen molar-refractivity contribution < 1.29 is 8.42 Å². The average molecular weight is 276 g/mol. The maximum Gasteiger partial charge on any atom is 0.232 e. The summed E-state index contributed by atoms with van der Waals surface area (Å²) >= 11 is 5.53. The number of hydrogen-bond acceptors (Lipinski definition) is 2. The van der Waals surface area contributed by atoms with Crippen LogP contribution in [0.4, 0.5) is 5.69 Å². The predicted octanol–water partition coefficient (Wildman–Crippen LogP) is 3.06. The molecule has 0 bridgehead atoms. The molecular formula is C12H18ClNO2S. The van der Waals surface area contributed by atoms with Crippen molar-refractivity contribution in [1.82, 2.24) is 0 Å². The van der Waals surface area contributed by atoms with Gasteiger partial charge in [-0.2, -0.15) is 0 Å². The zero-order chi connectivity index (χ0) is 12.9. The number of para-hydroxylation sites is 1. The molecule has 0 unspecified atom stereocenters. The van der Waals surface area contributed by atoms with Gasteiger partial charge >= 0.3 is 0 Å². The molecule has 0 aliphatic rings. The van der Waals surface area contributed by atoms with Crippen LogP contribution in [0, 0.1) is 13.8 Å². The number of alkyl halides is 1.